The second kappa shape index (κ2) is 11.9. The summed E-state index contributed by atoms with van der Waals surface area (Å²) in [6.07, 6.45) is -2.11. The van der Waals surface area contributed by atoms with Crippen LogP contribution in [0.25, 0.3) is 0 Å². The quantitative estimate of drug-likeness (QED) is 0.168. The second-order valence-electron chi connectivity index (χ2n) is 12.2. The number of aliphatic carboxylic acids is 1. The average Bonchev–Trinajstić information content (AvgIpc) is 2.81. The number of carboxylic acid groups (broad SMARTS) is 1. The molecule has 0 bridgehead atoms. The predicted molar refractivity (Wildman–Crippen MR) is 134 cm³/mol. The van der Waals surface area contributed by atoms with Crippen molar-refractivity contribution in [3.05, 3.63) is 11.6 Å². The van der Waals surface area contributed by atoms with Crippen LogP contribution in [0.2, 0.25) is 0 Å². The van der Waals surface area contributed by atoms with E-state index in [1.807, 2.05) is 6.92 Å². The first-order valence-corrected chi connectivity index (χ1v) is 13.3. The maximum Gasteiger partial charge on any atom is 0.308 e. The van der Waals surface area contributed by atoms with Gasteiger partial charge in [-0.1, -0.05) is 31.9 Å². The molecule has 0 aromatic carbocycles. The number of rotatable bonds is 10. The zero-order valence-corrected chi connectivity index (χ0v) is 22.7. The smallest absolute Gasteiger partial charge is 0.308 e. The minimum Gasteiger partial charge on any atom is -0.481 e. The molecule has 1 saturated carbocycles. The molecular weight excluding hydrogens is 500 g/mol. The van der Waals surface area contributed by atoms with Crippen LogP contribution in [-0.4, -0.2) is 98.7 Å². The van der Waals surface area contributed by atoms with Gasteiger partial charge in [0.15, 0.2) is 6.29 Å². The second-order valence-corrected chi connectivity index (χ2v) is 12.2. The molecule has 38 heavy (non-hydrogen) atoms. The Morgan fingerprint density at radius 2 is 1.82 bits per heavy atom. The Morgan fingerprint density at radius 1 is 1.13 bits per heavy atom. The Hall–Kier alpha value is -1.60. The van der Waals surface area contributed by atoms with Crippen molar-refractivity contribution in [2.75, 3.05) is 19.8 Å². The number of fused-ring (bicyclic) bond motifs is 1. The number of aliphatic hydroxyl groups is 5. The maximum atomic E-state index is 12.5. The molecule has 0 spiro atoms. The van der Waals surface area contributed by atoms with Crippen molar-refractivity contribution >= 4 is 11.9 Å². The molecular formula is C27H44O11. The van der Waals surface area contributed by atoms with Crippen molar-refractivity contribution in [1.29, 1.82) is 0 Å². The van der Waals surface area contributed by atoms with Crippen LogP contribution in [0.1, 0.15) is 66.2 Å². The lowest BCUT2D eigenvalue weighted by Gasteiger charge is -2.57. The van der Waals surface area contributed by atoms with E-state index in [1.165, 1.54) is 6.92 Å². The molecule has 0 aromatic rings. The summed E-state index contributed by atoms with van der Waals surface area (Å²) in [5, 5.41) is 59.2. The lowest BCUT2D eigenvalue weighted by atomic mass is 9.48. The first kappa shape index (κ1) is 30.9. The highest BCUT2D eigenvalue weighted by atomic mass is 16.7. The van der Waals surface area contributed by atoms with E-state index < -0.39 is 67.7 Å². The minimum atomic E-state index is -1.69. The fourth-order valence-electron chi connectivity index (χ4n) is 6.84. The van der Waals surface area contributed by atoms with Gasteiger partial charge in [0.05, 0.1) is 38.3 Å². The van der Waals surface area contributed by atoms with E-state index in [9.17, 15) is 35.1 Å². The molecule has 218 valence electrons. The topological polar surface area (TPSA) is 183 Å². The van der Waals surface area contributed by atoms with Crippen molar-refractivity contribution in [2.45, 2.75) is 103 Å². The Morgan fingerprint density at radius 3 is 2.45 bits per heavy atom. The first-order chi connectivity index (χ1) is 17.6. The van der Waals surface area contributed by atoms with Crippen LogP contribution in [0, 0.1) is 22.7 Å². The molecule has 10 atom stereocenters. The van der Waals surface area contributed by atoms with Crippen molar-refractivity contribution in [1.82, 2.24) is 0 Å². The number of carbonyl (C=O) groups is 2. The minimum absolute atomic E-state index is 0.0553. The molecule has 3 rings (SSSR count). The van der Waals surface area contributed by atoms with Crippen LogP contribution in [0.15, 0.2) is 11.6 Å². The van der Waals surface area contributed by atoms with Crippen molar-refractivity contribution in [2.24, 2.45) is 22.7 Å². The van der Waals surface area contributed by atoms with Gasteiger partial charge in [-0.25, -0.2) is 0 Å². The van der Waals surface area contributed by atoms with Gasteiger partial charge >= 0.3 is 11.9 Å². The Kier molecular flexibility index (Phi) is 9.67. The van der Waals surface area contributed by atoms with Gasteiger partial charge in [0.25, 0.3) is 0 Å². The standard InChI is InChI=1S/C27H44O11/c1-15-6-7-18-25(2,14-37-20(31)11-26(3,35)10-19(29)30)8-5-9-27(18,4)16(15)13-36-24-23(34)22(33)21(32)17(12-28)38-24/h6,16-18,21-24,28,32-35H,5,7-14H2,1-4H3,(H,29,30)/t16-,17+,18-,21+,22-,23+,24+,25+,26?,27+/m0/s1. The first-order valence-electron chi connectivity index (χ1n) is 13.3. The molecule has 0 aromatic heterocycles. The highest BCUT2D eigenvalue weighted by Gasteiger charge is 2.55. The summed E-state index contributed by atoms with van der Waals surface area (Å²) in [6.45, 7) is 7.40. The van der Waals surface area contributed by atoms with Crippen LogP contribution >= 0.6 is 0 Å². The molecule has 2 aliphatic carbocycles. The Bertz CT molecular complexity index is 886. The summed E-state index contributed by atoms with van der Waals surface area (Å²) in [5.41, 5.74) is -1.16. The van der Waals surface area contributed by atoms with Crippen LogP contribution in [0.5, 0.6) is 0 Å². The molecule has 0 radical (unpaired) electrons. The van der Waals surface area contributed by atoms with Crippen molar-refractivity contribution < 1.29 is 54.4 Å². The molecule has 11 heteroatoms. The van der Waals surface area contributed by atoms with E-state index in [0.717, 1.165) is 31.3 Å². The Balaban J connectivity index is 1.69. The average molecular weight is 545 g/mol. The van der Waals surface area contributed by atoms with E-state index in [1.54, 1.807) is 0 Å². The molecule has 1 heterocycles. The summed E-state index contributed by atoms with van der Waals surface area (Å²) < 4.78 is 17.1. The molecule has 2 fully saturated rings. The lowest BCUT2D eigenvalue weighted by Crippen LogP contribution is -2.59. The third-order valence-corrected chi connectivity index (χ3v) is 9.02. The van der Waals surface area contributed by atoms with Crippen LogP contribution in [0.4, 0.5) is 0 Å². The number of allylic oxidation sites excluding steroid dienone is 1. The summed E-state index contributed by atoms with van der Waals surface area (Å²) in [7, 11) is 0. The van der Waals surface area contributed by atoms with Crippen molar-refractivity contribution in [3.63, 3.8) is 0 Å². The van der Waals surface area contributed by atoms with E-state index in [2.05, 4.69) is 19.9 Å². The zero-order chi connectivity index (χ0) is 28.5. The molecule has 0 amide bonds. The van der Waals surface area contributed by atoms with Gasteiger partial charge in [-0.05, 0) is 44.4 Å². The summed E-state index contributed by atoms with van der Waals surface area (Å²) in [6, 6.07) is 0. The molecule has 3 aliphatic rings. The van der Waals surface area contributed by atoms with Gasteiger partial charge < -0.3 is 44.8 Å². The largest absolute Gasteiger partial charge is 0.481 e. The van der Waals surface area contributed by atoms with Gasteiger partial charge in [0, 0.05) is 11.3 Å². The van der Waals surface area contributed by atoms with Crippen LogP contribution < -0.4 is 0 Å². The van der Waals surface area contributed by atoms with E-state index >= 15 is 0 Å². The number of hydrogen-bond donors (Lipinski definition) is 6. The summed E-state index contributed by atoms with van der Waals surface area (Å²) >= 11 is 0. The van der Waals surface area contributed by atoms with E-state index in [0.29, 0.717) is 0 Å². The van der Waals surface area contributed by atoms with Gasteiger partial charge in [0.1, 0.15) is 24.4 Å². The normalized spacial score (nSPS) is 41.0. The highest BCUT2D eigenvalue weighted by Crippen LogP contribution is 2.60. The summed E-state index contributed by atoms with van der Waals surface area (Å²) in [5.74, 6) is -1.77. The molecule has 6 N–H and O–H groups in total. The maximum absolute atomic E-state index is 12.5. The summed E-state index contributed by atoms with van der Waals surface area (Å²) in [4.78, 5) is 23.4. The van der Waals surface area contributed by atoms with Gasteiger partial charge in [-0.2, -0.15) is 0 Å². The Labute approximate surface area is 223 Å². The number of hydrogen-bond acceptors (Lipinski definition) is 10. The SMILES string of the molecule is CC1=CC[C@H]2[C@@](C)(COC(=O)CC(C)(O)CC(=O)O)CCC[C@]2(C)[C@H]1CO[C@@H]1O[C@H](CO)[C@@H](O)[C@H](O)[C@H]1O. The van der Waals surface area contributed by atoms with Gasteiger partial charge in [0.2, 0.25) is 0 Å². The number of aliphatic hydroxyl groups excluding tert-OH is 4. The highest BCUT2D eigenvalue weighted by molar-refractivity contribution is 5.73. The van der Waals surface area contributed by atoms with Gasteiger partial charge in [-0.15, -0.1) is 0 Å². The molecule has 11 nitrogen and oxygen atoms in total. The number of carbonyl (C=O) groups excluding carboxylic acids is 1. The lowest BCUT2D eigenvalue weighted by molar-refractivity contribution is -0.305. The fraction of sp³-hybridized carbons (Fsp3) is 0.852. The molecule has 1 unspecified atom stereocenters. The number of esters is 1. The molecule has 1 saturated heterocycles. The van der Waals surface area contributed by atoms with Gasteiger partial charge in [-0.3, -0.25) is 9.59 Å². The van der Waals surface area contributed by atoms with Crippen molar-refractivity contribution in [3.8, 4) is 0 Å². The molecule has 1 aliphatic heterocycles. The zero-order valence-electron chi connectivity index (χ0n) is 22.7. The third-order valence-electron chi connectivity index (χ3n) is 9.02. The fourth-order valence-corrected chi connectivity index (χ4v) is 6.84. The number of carboxylic acids is 1. The van der Waals surface area contributed by atoms with Crippen LogP contribution in [-0.2, 0) is 23.8 Å². The third kappa shape index (κ3) is 6.57. The predicted octanol–water partition coefficient (Wildman–Crippen LogP) is 0.741. The number of ether oxygens (including phenoxy) is 3. The van der Waals surface area contributed by atoms with E-state index in [4.69, 9.17) is 19.3 Å². The monoisotopic (exact) mass is 544 g/mol. The van der Waals surface area contributed by atoms with Crippen LogP contribution in [0.3, 0.4) is 0 Å². The van der Waals surface area contributed by atoms with E-state index in [-0.39, 0.29) is 35.9 Å².